The molecule has 3 nitrogen and oxygen atoms in total. The number of alkyl halides is 1. The van der Waals surface area contributed by atoms with Crippen LogP contribution in [0.3, 0.4) is 0 Å². The average molecular weight is 370 g/mol. The van der Waals surface area contributed by atoms with Crippen LogP contribution in [0, 0.1) is 0 Å². The van der Waals surface area contributed by atoms with E-state index >= 15 is 0 Å². The van der Waals surface area contributed by atoms with E-state index in [1.54, 1.807) is 6.92 Å². The van der Waals surface area contributed by atoms with Crippen molar-refractivity contribution in [2.75, 3.05) is 0 Å². The predicted molar refractivity (Wildman–Crippen MR) is 106 cm³/mol. The molecule has 3 aromatic rings. The van der Waals surface area contributed by atoms with Crippen molar-refractivity contribution in [2.45, 2.75) is 51.8 Å². The van der Waals surface area contributed by atoms with Gasteiger partial charge >= 0.3 is 0 Å². The maximum Gasteiger partial charge on any atom is 0.132 e. The Bertz CT molecular complexity index is 995. The summed E-state index contributed by atoms with van der Waals surface area (Å²) in [6.07, 6.45) is 3.37. The molecule has 0 bridgehead atoms. The van der Waals surface area contributed by atoms with E-state index in [0.29, 0.717) is 12.8 Å². The van der Waals surface area contributed by atoms with Crippen molar-refractivity contribution >= 4 is 33.2 Å². The lowest BCUT2D eigenvalue weighted by atomic mass is 9.87. The zero-order chi connectivity index (χ0) is 18.5. The van der Waals surface area contributed by atoms with Crippen LogP contribution in [0.5, 0.6) is 0 Å². The van der Waals surface area contributed by atoms with Crippen LogP contribution in [0.25, 0.3) is 21.9 Å². The van der Waals surface area contributed by atoms with Crippen molar-refractivity contribution in [1.82, 2.24) is 10.2 Å². The largest absolute Gasteiger partial charge is 0.385 e. The number of nitrogens with zero attached hydrogens (tertiary/aromatic N) is 1. The lowest BCUT2D eigenvalue weighted by Crippen LogP contribution is -2.23. The lowest BCUT2D eigenvalue weighted by Gasteiger charge is -2.26. The monoisotopic (exact) mass is 370 g/mol. The Kier molecular flexibility index (Phi) is 4.24. The highest BCUT2D eigenvalue weighted by molar-refractivity contribution is 7.19. The number of H-pyrrole nitrogens is 1. The van der Waals surface area contributed by atoms with Crippen LogP contribution < -0.4 is 0 Å². The minimum Gasteiger partial charge on any atom is -0.385 e. The topological polar surface area (TPSA) is 48.9 Å². The van der Waals surface area contributed by atoms with E-state index < -0.39 is 11.8 Å². The van der Waals surface area contributed by atoms with Gasteiger partial charge < -0.3 is 5.11 Å². The molecular formula is C21H23FN2OS. The third-order valence-electron chi connectivity index (χ3n) is 5.51. The number of benzene rings is 1. The summed E-state index contributed by atoms with van der Waals surface area (Å²) in [5.41, 5.74) is 5.55. The second kappa shape index (κ2) is 6.32. The third-order valence-corrected chi connectivity index (χ3v) is 6.81. The quantitative estimate of drug-likeness (QED) is 0.600. The Morgan fingerprint density at radius 3 is 2.77 bits per heavy atom. The molecule has 4 rings (SSSR count). The van der Waals surface area contributed by atoms with Crippen molar-refractivity contribution < 1.29 is 9.50 Å². The van der Waals surface area contributed by atoms with Crippen molar-refractivity contribution in [2.24, 2.45) is 0 Å². The maximum atomic E-state index is 13.6. The fourth-order valence-electron chi connectivity index (χ4n) is 3.69. The first-order valence-corrected chi connectivity index (χ1v) is 9.95. The van der Waals surface area contributed by atoms with Crippen LogP contribution >= 0.6 is 11.3 Å². The van der Waals surface area contributed by atoms with Crippen LogP contribution in [-0.2, 0) is 12.0 Å². The molecule has 1 unspecified atom stereocenters. The number of nitrogens with one attached hydrogen (secondary N) is 1. The van der Waals surface area contributed by atoms with E-state index in [2.05, 4.69) is 28.4 Å². The number of allylic oxidation sites excluding steroid dienone is 1. The van der Waals surface area contributed by atoms with Crippen LogP contribution in [0.1, 0.15) is 67.0 Å². The number of hydrogen-bond donors (Lipinski definition) is 2. The molecule has 0 spiro atoms. The van der Waals surface area contributed by atoms with Crippen LogP contribution in [0.2, 0.25) is 0 Å². The van der Waals surface area contributed by atoms with Gasteiger partial charge in [-0.3, -0.25) is 5.10 Å². The molecule has 1 aromatic carbocycles. The standard InChI is InChI=1S/C21H23FN2OS/c1-4-21(25,5-2)16-7-6-13-8-15(9-14(13)10-16)19-20-17(23-24-19)11-18(26-20)12(3)22/h6-8,10-12,25H,4-5,9H2,1-3H3,(H,23,24). The normalized spacial score (nSPS) is 15.3. The number of hydrogen-bond acceptors (Lipinski definition) is 3. The highest BCUT2D eigenvalue weighted by atomic mass is 32.1. The van der Waals surface area contributed by atoms with Gasteiger partial charge in [-0.25, -0.2) is 4.39 Å². The molecule has 1 atom stereocenters. The molecule has 1 aliphatic carbocycles. The minimum absolute atomic E-state index is 0.696. The summed E-state index contributed by atoms with van der Waals surface area (Å²) in [5, 5.41) is 18.3. The molecule has 26 heavy (non-hydrogen) atoms. The molecule has 136 valence electrons. The van der Waals surface area contributed by atoms with Gasteiger partial charge in [0.05, 0.1) is 15.8 Å². The Labute approximate surface area is 156 Å². The average Bonchev–Trinajstić information content (AvgIpc) is 3.33. The van der Waals surface area contributed by atoms with E-state index in [1.807, 2.05) is 26.0 Å². The summed E-state index contributed by atoms with van der Waals surface area (Å²) in [6.45, 7) is 5.59. The molecule has 0 saturated heterocycles. The van der Waals surface area contributed by atoms with Crippen molar-refractivity contribution in [1.29, 1.82) is 0 Å². The summed E-state index contributed by atoms with van der Waals surface area (Å²) in [4.78, 5) is 0.726. The number of aromatic amines is 1. The fraction of sp³-hybridized carbons (Fsp3) is 0.381. The van der Waals surface area contributed by atoms with Gasteiger partial charge in [0, 0.05) is 11.3 Å². The SMILES string of the molecule is CCC(O)(CC)c1ccc2c(c1)CC(c1n[nH]c3cc(C(C)F)sc13)=C2. The number of thiophene rings is 1. The summed E-state index contributed by atoms with van der Waals surface area (Å²) in [5.74, 6) is 0. The third kappa shape index (κ3) is 2.70. The molecule has 0 saturated carbocycles. The first kappa shape index (κ1) is 17.4. The Hall–Kier alpha value is -1.98. The second-order valence-corrected chi connectivity index (χ2v) is 8.16. The zero-order valence-corrected chi connectivity index (χ0v) is 16.1. The van der Waals surface area contributed by atoms with Crippen LogP contribution in [0.4, 0.5) is 4.39 Å². The first-order chi connectivity index (χ1) is 12.4. The molecule has 1 aliphatic rings. The molecule has 0 aliphatic heterocycles. The Balaban J connectivity index is 1.68. The van der Waals surface area contributed by atoms with Gasteiger partial charge in [-0.15, -0.1) is 11.3 Å². The van der Waals surface area contributed by atoms with Crippen molar-refractivity contribution in [3.8, 4) is 0 Å². The molecule has 2 N–H and O–H groups in total. The molecule has 0 amide bonds. The fourth-order valence-corrected chi connectivity index (χ4v) is 4.76. The van der Waals surface area contributed by atoms with Gasteiger partial charge in [-0.1, -0.05) is 32.0 Å². The zero-order valence-electron chi connectivity index (χ0n) is 15.3. The van der Waals surface area contributed by atoms with E-state index in [-0.39, 0.29) is 0 Å². The first-order valence-electron chi connectivity index (χ1n) is 9.13. The Morgan fingerprint density at radius 1 is 1.31 bits per heavy atom. The summed E-state index contributed by atoms with van der Waals surface area (Å²) in [7, 11) is 0. The summed E-state index contributed by atoms with van der Waals surface area (Å²) < 4.78 is 14.7. The molecule has 0 fully saturated rings. The molecule has 5 heteroatoms. The van der Waals surface area contributed by atoms with E-state index in [9.17, 15) is 9.50 Å². The van der Waals surface area contributed by atoms with Gasteiger partial charge in [-0.05, 0) is 54.2 Å². The summed E-state index contributed by atoms with van der Waals surface area (Å²) >= 11 is 1.47. The van der Waals surface area contributed by atoms with E-state index in [0.717, 1.165) is 38.3 Å². The highest BCUT2D eigenvalue weighted by Crippen LogP contribution is 2.40. The number of fused-ring (bicyclic) bond motifs is 2. The predicted octanol–water partition coefficient (Wildman–Crippen LogP) is 5.76. The molecule has 2 heterocycles. The van der Waals surface area contributed by atoms with Crippen LogP contribution in [0.15, 0.2) is 24.3 Å². The second-order valence-electron chi connectivity index (χ2n) is 7.08. The number of halogens is 1. The van der Waals surface area contributed by atoms with Crippen LogP contribution in [-0.4, -0.2) is 15.3 Å². The van der Waals surface area contributed by atoms with E-state index in [4.69, 9.17) is 0 Å². The smallest absolute Gasteiger partial charge is 0.132 e. The van der Waals surface area contributed by atoms with Crippen molar-refractivity contribution in [3.63, 3.8) is 0 Å². The minimum atomic E-state index is -0.966. The highest BCUT2D eigenvalue weighted by Gasteiger charge is 2.27. The van der Waals surface area contributed by atoms with Gasteiger partial charge in [-0.2, -0.15) is 5.10 Å². The molecular weight excluding hydrogens is 347 g/mol. The van der Waals surface area contributed by atoms with Gasteiger partial charge in [0.1, 0.15) is 11.9 Å². The molecule has 0 radical (unpaired) electrons. The summed E-state index contributed by atoms with van der Waals surface area (Å²) in [6, 6.07) is 8.09. The number of aromatic nitrogens is 2. The Morgan fingerprint density at radius 2 is 2.08 bits per heavy atom. The van der Waals surface area contributed by atoms with Gasteiger partial charge in [0.2, 0.25) is 0 Å². The van der Waals surface area contributed by atoms with Crippen molar-refractivity contribution in [3.05, 3.63) is 51.5 Å². The van der Waals surface area contributed by atoms with Gasteiger partial charge in [0.25, 0.3) is 0 Å². The lowest BCUT2D eigenvalue weighted by molar-refractivity contribution is 0.0283. The number of rotatable bonds is 5. The molecule has 2 aromatic heterocycles. The van der Waals surface area contributed by atoms with E-state index in [1.165, 1.54) is 22.5 Å². The van der Waals surface area contributed by atoms with Gasteiger partial charge in [0.15, 0.2) is 0 Å². The maximum absolute atomic E-state index is 13.6. The number of aliphatic hydroxyl groups is 1.